The first-order chi connectivity index (χ1) is 17.3. The Kier molecular flexibility index (Phi) is 7.64. The number of rotatable bonds is 9. The van der Waals surface area contributed by atoms with Gasteiger partial charge in [-0.3, -0.25) is 9.10 Å². The Labute approximate surface area is 209 Å². The molecule has 1 aliphatic rings. The van der Waals surface area contributed by atoms with Gasteiger partial charge >= 0.3 is 0 Å². The van der Waals surface area contributed by atoms with Crippen LogP contribution in [0.2, 0.25) is 0 Å². The number of benzene rings is 3. The number of halogens is 1. The minimum atomic E-state index is -4.15. The van der Waals surface area contributed by atoms with Gasteiger partial charge in [0.15, 0.2) is 11.5 Å². The SMILES string of the molecule is CCOc1ccc(S(=O)(=O)N(CC(=O)NC(C)c2ccc3c(c2)OCCO3)c2ccc(F)cc2)cc1. The van der Waals surface area contributed by atoms with Gasteiger partial charge in [0.05, 0.1) is 23.2 Å². The van der Waals surface area contributed by atoms with E-state index in [1.807, 2.05) is 13.0 Å². The highest BCUT2D eigenvalue weighted by Crippen LogP contribution is 2.32. The highest BCUT2D eigenvalue weighted by molar-refractivity contribution is 7.92. The van der Waals surface area contributed by atoms with Crippen molar-refractivity contribution in [3.63, 3.8) is 0 Å². The topological polar surface area (TPSA) is 94.2 Å². The highest BCUT2D eigenvalue weighted by atomic mass is 32.2. The summed E-state index contributed by atoms with van der Waals surface area (Å²) < 4.78 is 58.1. The average Bonchev–Trinajstić information content (AvgIpc) is 2.88. The molecule has 3 aromatic rings. The van der Waals surface area contributed by atoms with Crippen molar-refractivity contribution in [2.45, 2.75) is 24.8 Å². The molecule has 0 aromatic heterocycles. The summed E-state index contributed by atoms with van der Waals surface area (Å²) in [4.78, 5) is 13.0. The average molecular weight is 515 g/mol. The van der Waals surface area contributed by atoms with Crippen LogP contribution in [-0.4, -0.2) is 40.7 Å². The molecule has 1 unspecified atom stereocenters. The van der Waals surface area contributed by atoms with Crippen molar-refractivity contribution >= 4 is 21.6 Å². The first kappa shape index (κ1) is 25.3. The normalized spacial score (nSPS) is 13.5. The molecule has 1 atom stereocenters. The molecule has 8 nitrogen and oxygen atoms in total. The Morgan fingerprint density at radius 3 is 2.36 bits per heavy atom. The lowest BCUT2D eigenvalue weighted by atomic mass is 10.1. The summed E-state index contributed by atoms with van der Waals surface area (Å²) in [5.74, 6) is 0.694. The quantitative estimate of drug-likeness (QED) is 0.463. The molecule has 10 heteroatoms. The Hall–Kier alpha value is -3.79. The molecule has 0 saturated heterocycles. The Bertz CT molecular complexity index is 1310. The lowest BCUT2D eigenvalue weighted by Crippen LogP contribution is -2.41. The number of carbonyl (C=O) groups is 1. The molecule has 1 heterocycles. The van der Waals surface area contributed by atoms with Crippen molar-refractivity contribution in [3.05, 3.63) is 78.1 Å². The fraction of sp³-hybridized carbons (Fsp3) is 0.269. The van der Waals surface area contributed by atoms with Crippen LogP contribution in [-0.2, 0) is 14.8 Å². The van der Waals surface area contributed by atoms with Crippen LogP contribution in [0.5, 0.6) is 17.2 Å². The number of fused-ring (bicyclic) bond motifs is 1. The van der Waals surface area contributed by atoms with Gasteiger partial charge in [0.1, 0.15) is 31.3 Å². The van der Waals surface area contributed by atoms with E-state index in [4.69, 9.17) is 14.2 Å². The van der Waals surface area contributed by atoms with Gasteiger partial charge in [0, 0.05) is 0 Å². The van der Waals surface area contributed by atoms with Crippen LogP contribution in [0.15, 0.2) is 71.6 Å². The molecule has 36 heavy (non-hydrogen) atoms. The molecular formula is C26H27FN2O6S. The maximum absolute atomic E-state index is 13.5. The van der Waals surface area contributed by atoms with Crippen LogP contribution in [0.1, 0.15) is 25.5 Å². The van der Waals surface area contributed by atoms with Gasteiger partial charge < -0.3 is 19.5 Å². The standard InChI is InChI=1S/C26H27FN2O6S/c1-3-33-22-9-11-23(12-10-22)36(31,32)29(21-7-5-20(27)6-8-21)17-26(30)28-18(2)19-4-13-24-25(16-19)35-15-14-34-24/h4-13,16,18H,3,14-15,17H2,1-2H3,(H,28,30). The van der Waals surface area contributed by atoms with Crippen molar-refractivity contribution in [1.29, 1.82) is 0 Å². The summed E-state index contributed by atoms with van der Waals surface area (Å²) in [6, 6.07) is 15.8. The minimum Gasteiger partial charge on any atom is -0.494 e. The summed E-state index contributed by atoms with van der Waals surface area (Å²) in [7, 11) is -4.15. The summed E-state index contributed by atoms with van der Waals surface area (Å²) in [5, 5.41) is 2.83. The van der Waals surface area contributed by atoms with Crippen LogP contribution in [0.4, 0.5) is 10.1 Å². The molecule has 1 aliphatic heterocycles. The lowest BCUT2D eigenvalue weighted by Gasteiger charge is -2.25. The third-order valence-electron chi connectivity index (χ3n) is 5.57. The van der Waals surface area contributed by atoms with E-state index in [1.165, 1.54) is 24.3 Å². The van der Waals surface area contributed by atoms with Crippen molar-refractivity contribution in [2.75, 3.05) is 30.7 Å². The Morgan fingerprint density at radius 2 is 1.69 bits per heavy atom. The first-order valence-corrected chi connectivity index (χ1v) is 12.9. The van der Waals surface area contributed by atoms with Crippen molar-refractivity contribution < 1.29 is 31.8 Å². The molecule has 4 rings (SSSR count). The summed E-state index contributed by atoms with van der Waals surface area (Å²) in [6.45, 7) is 4.46. The van der Waals surface area contributed by atoms with Crippen LogP contribution in [0.3, 0.4) is 0 Å². The highest BCUT2D eigenvalue weighted by Gasteiger charge is 2.28. The van der Waals surface area contributed by atoms with Gasteiger partial charge in [-0.15, -0.1) is 0 Å². The zero-order valence-electron chi connectivity index (χ0n) is 19.9. The number of hydrogen-bond acceptors (Lipinski definition) is 6. The largest absolute Gasteiger partial charge is 0.494 e. The number of anilines is 1. The molecule has 0 saturated carbocycles. The van der Waals surface area contributed by atoms with Crippen molar-refractivity contribution in [1.82, 2.24) is 5.32 Å². The summed E-state index contributed by atoms with van der Waals surface area (Å²) in [5.41, 5.74) is 0.933. The van der Waals surface area contributed by atoms with Gasteiger partial charge in [0.25, 0.3) is 10.0 Å². The van der Waals surface area contributed by atoms with Crippen LogP contribution in [0, 0.1) is 5.82 Å². The van der Waals surface area contributed by atoms with Gasteiger partial charge in [0.2, 0.25) is 5.91 Å². The third-order valence-corrected chi connectivity index (χ3v) is 7.36. The molecule has 0 aliphatic carbocycles. The van der Waals surface area contributed by atoms with Gasteiger partial charge in [-0.1, -0.05) is 6.07 Å². The number of sulfonamides is 1. The number of nitrogens with one attached hydrogen (secondary N) is 1. The van der Waals surface area contributed by atoms with E-state index in [-0.39, 0.29) is 10.6 Å². The second-order valence-corrected chi connectivity index (χ2v) is 9.95. The van der Waals surface area contributed by atoms with E-state index in [9.17, 15) is 17.6 Å². The van der Waals surface area contributed by atoms with Crippen LogP contribution >= 0.6 is 0 Å². The molecule has 0 spiro atoms. The molecule has 3 aromatic carbocycles. The number of amides is 1. The number of hydrogen-bond donors (Lipinski definition) is 1. The van der Waals surface area contributed by atoms with E-state index < -0.39 is 34.3 Å². The van der Waals surface area contributed by atoms with E-state index >= 15 is 0 Å². The van der Waals surface area contributed by atoms with E-state index in [1.54, 1.807) is 31.2 Å². The molecule has 1 amide bonds. The predicted octanol–water partition coefficient (Wildman–Crippen LogP) is 4.07. The number of ether oxygens (including phenoxy) is 3. The van der Waals surface area contributed by atoms with Crippen LogP contribution in [0.25, 0.3) is 0 Å². The van der Waals surface area contributed by atoms with E-state index in [2.05, 4.69) is 5.32 Å². The zero-order valence-corrected chi connectivity index (χ0v) is 20.8. The van der Waals surface area contributed by atoms with Crippen molar-refractivity contribution in [3.8, 4) is 17.2 Å². The fourth-order valence-corrected chi connectivity index (χ4v) is 5.18. The smallest absolute Gasteiger partial charge is 0.264 e. The van der Waals surface area contributed by atoms with Crippen LogP contribution < -0.4 is 23.8 Å². The summed E-state index contributed by atoms with van der Waals surface area (Å²) in [6.07, 6.45) is 0. The number of nitrogens with zero attached hydrogens (tertiary/aromatic N) is 1. The maximum atomic E-state index is 13.5. The lowest BCUT2D eigenvalue weighted by molar-refractivity contribution is -0.120. The van der Waals surface area contributed by atoms with Gasteiger partial charge in [-0.2, -0.15) is 0 Å². The Morgan fingerprint density at radius 1 is 1.03 bits per heavy atom. The minimum absolute atomic E-state index is 0.0250. The molecule has 0 fully saturated rings. The summed E-state index contributed by atoms with van der Waals surface area (Å²) >= 11 is 0. The second kappa shape index (κ2) is 10.9. The third kappa shape index (κ3) is 5.71. The fourth-order valence-electron chi connectivity index (χ4n) is 3.75. The predicted molar refractivity (Wildman–Crippen MR) is 133 cm³/mol. The van der Waals surface area contributed by atoms with Crippen molar-refractivity contribution in [2.24, 2.45) is 0 Å². The zero-order chi connectivity index (χ0) is 25.7. The van der Waals surface area contributed by atoms with Gasteiger partial charge in [-0.05, 0) is 80.1 Å². The first-order valence-electron chi connectivity index (χ1n) is 11.5. The second-order valence-electron chi connectivity index (χ2n) is 8.08. The molecule has 0 radical (unpaired) electrons. The van der Waals surface area contributed by atoms with E-state index in [0.29, 0.717) is 37.1 Å². The maximum Gasteiger partial charge on any atom is 0.264 e. The van der Waals surface area contributed by atoms with E-state index in [0.717, 1.165) is 22.0 Å². The number of carbonyl (C=O) groups excluding carboxylic acids is 1. The molecule has 0 bridgehead atoms. The molecular weight excluding hydrogens is 487 g/mol. The Balaban J connectivity index is 1.56. The molecule has 190 valence electrons. The molecule has 1 N–H and O–H groups in total. The monoisotopic (exact) mass is 514 g/mol. The van der Waals surface area contributed by atoms with Gasteiger partial charge in [-0.25, -0.2) is 12.8 Å².